The molecule has 2 aromatic carbocycles. The van der Waals surface area contributed by atoms with Gasteiger partial charge in [0.15, 0.2) is 11.6 Å². The average molecular weight is 255 g/mol. The third kappa shape index (κ3) is 2.16. The van der Waals surface area contributed by atoms with Crippen LogP contribution in [0.25, 0.3) is 0 Å². The quantitative estimate of drug-likeness (QED) is 0.642. The third-order valence-corrected chi connectivity index (χ3v) is 2.56. The fourth-order valence-corrected chi connectivity index (χ4v) is 1.55. The maximum Gasteiger partial charge on any atom is 0.298 e. The molecule has 2 N–H and O–H groups in total. The van der Waals surface area contributed by atoms with Gasteiger partial charge in [-0.2, -0.15) is 8.78 Å². The fourth-order valence-electron chi connectivity index (χ4n) is 1.55. The van der Waals surface area contributed by atoms with Gasteiger partial charge in [-0.1, -0.05) is 12.1 Å². The second-order valence-corrected chi connectivity index (χ2v) is 3.83. The summed E-state index contributed by atoms with van der Waals surface area (Å²) in [5, 5.41) is 0. The lowest BCUT2D eigenvalue weighted by molar-refractivity contribution is 0.0424. The summed E-state index contributed by atoms with van der Waals surface area (Å²) in [6, 6.07) is 6.97. The van der Waals surface area contributed by atoms with Crippen LogP contribution in [0.4, 0.5) is 23.2 Å². The Bertz CT molecular complexity index is 564. The largest absolute Gasteiger partial charge is 0.399 e. The van der Waals surface area contributed by atoms with Crippen LogP contribution in [0.1, 0.15) is 11.1 Å². The van der Waals surface area contributed by atoms with E-state index in [2.05, 4.69) is 0 Å². The van der Waals surface area contributed by atoms with E-state index in [4.69, 9.17) is 5.73 Å². The van der Waals surface area contributed by atoms with Gasteiger partial charge in [0.25, 0.3) is 5.92 Å². The Morgan fingerprint density at radius 1 is 0.778 bits per heavy atom. The zero-order valence-electron chi connectivity index (χ0n) is 9.13. The van der Waals surface area contributed by atoms with Crippen molar-refractivity contribution in [3.8, 4) is 0 Å². The zero-order chi connectivity index (χ0) is 13.3. The number of rotatable bonds is 2. The summed E-state index contributed by atoms with van der Waals surface area (Å²) in [6.07, 6.45) is 0. The van der Waals surface area contributed by atoms with Crippen LogP contribution in [-0.4, -0.2) is 0 Å². The summed E-state index contributed by atoms with van der Waals surface area (Å²) in [4.78, 5) is 0. The fraction of sp³-hybridized carbons (Fsp3) is 0.0769. The number of alkyl halides is 2. The van der Waals surface area contributed by atoms with Gasteiger partial charge in [-0.05, 0) is 30.3 Å². The van der Waals surface area contributed by atoms with Gasteiger partial charge in [0.05, 0.1) is 0 Å². The summed E-state index contributed by atoms with van der Waals surface area (Å²) in [7, 11) is 0. The second kappa shape index (κ2) is 4.33. The SMILES string of the molecule is Nc1ccc(C(F)(F)c2ccc(F)c(F)c2)cc1. The molecule has 0 aliphatic rings. The highest BCUT2D eigenvalue weighted by Gasteiger charge is 2.34. The summed E-state index contributed by atoms with van der Waals surface area (Å²) >= 11 is 0. The van der Waals surface area contributed by atoms with Crippen molar-refractivity contribution in [3.05, 3.63) is 65.2 Å². The molecule has 0 aromatic heterocycles. The lowest BCUT2D eigenvalue weighted by Crippen LogP contribution is -2.15. The van der Waals surface area contributed by atoms with E-state index in [-0.39, 0.29) is 5.56 Å². The molecule has 2 aromatic rings. The molecule has 0 radical (unpaired) electrons. The van der Waals surface area contributed by atoms with Crippen molar-refractivity contribution < 1.29 is 17.6 Å². The molecular formula is C13H9F4N. The Morgan fingerprint density at radius 3 is 1.89 bits per heavy atom. The summed E-state index contributed by atoms with van der Waals surface area (Å²) in [6.45, 7) is 0. The highest BCUT2D eigenvalue weighted by atomic mass is 19.3. The first-order chi connectivity index (χ1) is 8.41. The summed E-state index contributed by atoms with van der Waals surface area (Å²) < 4.78 is 53.7. The predicted molar refractivity (Wildman–Crippen MR) is 60.2 cm³/mol. The van der Waals surface area contributed by atoms with Gasteiger partial charge in [-0.15, -0.1) is 0 Å². The molecule has 18 heavy (non-hydrogen) atoms. The minimum absolute atomic E-state index is 0.331. The van der Waals surface area contributed by atoms with Crippen LogP contribution in [0.15, 0.2) is 42.5 Å². The number of benzene rings is 2. The normalized spacial score (nSPS) is 11.6. The number of anilines is 1. The molecule has 94 valence electrons. The van der Waals surface area contributed by atoms with E-state index in [1.165, 1.54) is 12.1 Å². The monoisotopic (exact) mass is 255 g/mol. The third-order valence-electron chi connectivity index (χ3n) is 2.56. The van der Waals surface area contributed by atoms with Gasteiger partial charge in [-0.3, -0.25) is 0 Å². The molecule has 0 aliphatic carbocycles. The Labute approximate surface area is 101 Å². The van der Waals surface area contributed by atoms with Crippen molar-refractivity contribution in [2.45, 2.75) is 5.92 Å². The lowest BCUT2D eigenvalue weighted by Gasteiger charge is -2.17. The van der Waals surface area contributed by atoms with Gasteiger partial charge in [0.2, 0.25) is 0 Å². The van der Waals surface area contributed by atoms with Gasteiger partial charge in [0.1, 0.15) is 0 Å². The highest BCUT2D eigenvalue weighted by Crippen LogP contribution is 2.36. The van der Waals surface area contributed by atoms with Crippen LogP contribution in [0.2, 0.25) is 0 Å². The first-order valence-electron chi connectivity index (χ1n) is 5.10. The Hall–Kier alpha value is -2.04. The first-order valence-corrected chi connectivity index (χ1v) is 5.10. The van der Waals surface area contributed by atoms with E-state index < -0.39 is 23.1 Å². The van der Waals surface area contributed by atoms with Crippen molar-refractivity contribution in [2.24, 2.45) is 0 Å². The van der Waals surface area contributed by atoms with E-state index in [0.29, 0.717) is 17.8 Å². The number of nitrogens with two attached hydrogens (primary N) is 1. The number of hydrogen-bond acceptors (Lipinski definition) is 1. The van der Waals surface area contributed by atoms with E-state index >= 15 is 0 Å². The van der Waals surface area contributed by atoms with Crippen molar-refractivity contribution in [1.29, 1.82) is 0 Å². The lowest BCUT2D eigenvalue weighted by atomic mass is 10.00. The van der Waals surface area contributed by atoms with Gasteiger partial charge >= 0.3 is 0 Å². The molecule has 2 rings (SSSR count). The molecule has 0 spiro atoms. The molecule has 0 fully saturated rings. The zero-order valence-corrected chi connectivity index (χ0v) is 9.13. The standard InChI is InChI=1S/C13H9F4N/c14-11-6-3-9(7-12(11)15)13(16,17)8-1-4-10(18)5-2-8/h1-7H,18H2. The van der Waals surface area contributed by atoms with Crippen LogP contribution in [0.5, 0.6) is 0 Å². The number of halogens is 4. The summed E-state index contributed by atoms with van der Waals surface area (Å²) in [5.41, 5.74) is 4.81. The molecule has 5 heteroatoms. The van der Waals surface area contributed by atoms with E-state index in [1.54, 1.807) is 0 Å². The molecule has 0 bridgehead atoms. The first kappa shape index (κ1) is 12.4. The maximum absolute atomic E-state index is 14.0. The van der Waals surface area contributed by atoms with Gasteiger partial charge in [-0.25, -0.2) is 8.78 Å². The Kier molecular flexibility index (Phi) is 2.98. The van der Waals surface area contributed by atoms with Crippen LogP contribution in [-0.2, 0) is 5.92 Å². The summed E-state index contributed by atoms with van der Waals surface area (Å²) in [5.74, 6) is -5.86. The van der Waals surface area contributed by atoms with Crippen LogP contribution in [0.3, 0.4) is 0 Å². The molecule has 0 heterocycles. The molecule has 1 nitrogen and oxygen atoms in total. The van der Waals surface area contributed by atoms with E-state index in [1.807, 2.05) is 0 Å². The Balaban J connectivity index is 2.46. The van der Waals surface area contributed by atoms with Crippen LogP contribution in [0, 0.1) is 11.6 Å². The number of nitrogen functional groups attached to an aromatic ring is 1. The molecule has 0 atom stereocenters. The smallest absolute Gasteiger partial charge is 0.298 e. The minimum atomic E-state index is -3.40. The van der Waals surface area contributed by atoms with Crippen LogP contribution >= 0.6 is 0 Å². The van der Waals surface area contributed by atoms with E-state index in [9.17, 15) is 17.6 Å². The molecule has 0 amide bonds. The molecule has 0 saturated heterocycles. The van der Waals surface area contributed by atoms with E-state index in [0.717, 1.165) is 18.2 Å². The molecule has 0 unspecified atom stereocenters. The predicted octanol–water partition coefficient (Wildman–Crippen LogP) is 3.69. The van der Waals surface area contributed by atoms with Crippen LogP contribution < -0.4 is 5.73 Å². The molecule has 0 aliphatic heterocycles. The average Bonchev–Trinajstić information content (AvgIpc) is 2.33. The second-order valence-electron chi connectivity index (χ2n) is 3.83. The van der Waals surface area contributed by atoms with Crippen molar-refractivity contribution in [3.63, 3.8) is 0 Å². The highest BCUT2D eigenvalue weighted by molar-refractivity contribution is 5.43. The topological polar surface area (TPSA) is 26.0 Å². The Morgan fingerprint density at radius 2 is 1.33 bits per heavy atom. The van der Waals surface area contributed by atoms with Crippen molar-refractivity contribution >= 4 is 5.69 Å². The molecular weight excluding hydrogens is 246 g/mol. The van der Waals surface area contributed by atoms with Crippen molar-refractivity contribution in [2.75, 3.05) is 5.73 Å². The van der Waals surface area contributed by atoms with Gasteiger partial charge in [0, 0.05) is 16.8 Å². The molecule has 0 saturated carbocycles. The van der Waals surface area contributed by atoms with Crippen molar-refractivity contribution in [1.82, 2.24) is 0 Å². The minimum Gasteiger partial charge on any atom is -0.399 e. The number of hydrogen-bond donors (Lipinski definition) is 1. The van der Waals surface area contributed by atoms with Gasteiger partial charge < -0.3 is 5.73 Å². The maximum atomic E-state index is 14.0.